The molecule has 0 N–H and O–H groups in total. The highest BCUT2D eigenvalue weighted by atomic mass is 79.9. The Kier molecular flexibility index (Phi) is 10.1. The molecular formula is C30H35BrN4O5. The molecule has 2 aromatic carbocycles. The highest BCUT2D eigenvalue weighted by Gasteiger charge is 2.20. The molecule has 1 fully saturated rings. The first-order chi connectivity index (χ1) is 19.4. The molecule has 3 aromatic rings. The summed E-state index contributed by atoms with van der Waals surface area (Å²) < 4.78 is 19.5. The van der Waals surface area contributed by atoms with Gasteiger partial charge in [-0.05, 0) is 55.7 Å². The molecular weight excluding hydrogens is 576 g/mol. The van der Waals surface area contributed by atoms with Crippen molar-refractivity contribution in [2.24, 2.45) is 5.10 Å². The molecule has 10 heteroatoms. The van der Waals surface area contributed by atoms with E-state index >= 15 is 0 Å². The third-order valence-corrected chi connectivity index (χ3v) is 7.22. The number of carbonyl (C=O) groups is 1. The molecule has 0 bridgehead atoms. The van der Waals surface area contributed by atoms with Gasteiger partial charge in [0.25, 0.3) is 11.5 Å². The van der Waals surface area contributed by atoms with E-state index in [0.29, 0.717) is 73.1 Å². The number of fused-ring (bicyclic) bond motifs is 1. The second kappa shape index (κ2) is 13.7. The number of hydrogen-bond acceptors (Lipinski definition) is 7. The SMILES string of the molecule is C=CCc1cc(C=Nn2c([C@@H](C)CC)nc3ccc(Br)cc3c2=O)cc(OCC)c1OCC(=O)N1CCOCC1. The van der Waals surface area contributed by atoms with Crippen molar-refractivity contribution in [3.05, 3.63) is 74.8 Å². The van der Waals surface area contributed by atoms with Crippen molar-refractivity contribution in [2.45, 2.75) is 39.5 Å². The van der Waals surface area contributed by atoms with Gasteiger partial charge < -0.3 is 19.1 Å². The minimum Gasteiger partial charge on any atom is -0.490 e. The van der Waals surface area contributed by atoms with E-state index in [2.05, 4.69) is 34.5 Å². The van der Waals surface area contributed by atoms with Crippen molar-refractivity contribution in [3.63, 3.8) is 0 Å². The molecule has 212 valence electrons. The van der Waals surface area contributed by atoms with Crippen molar-refractivity contribution < 1.29 is 19.0 Å². The number of ether oxygens (including phenoxy) is 3. The van der Waals surface area contributed by atoms with Crippen LogP contribution in [-0.4, -0.2) is 66.2 Å². The van der Waals surface area contributed by atoms with Gasteiger partial charge in [0.2, 0.25) is 0 Å². The smallest absolute Gasteiger partial charge is 0.282 e. The first kappa shape index (κ1) is 29.5. The lowest BCUT2D eigenvalue weighted by molar-refractivity contribution is -0.137. The number of rotatable bonds is 11. The summed E-state index contributed by atoms with van der Waals surface area (Å²) in [6.07, 6.45) is 4.68. The largest absolute Gasteiger partial charge is 0.490 e. The number of halogens is 1. The van der Waals surface area contributed by atoms with E-state index < -0.39 is 0 Å². The number of morpholine rings is 1. The Bertz CT molecular complexity index is 1460. The minimum atomic E-state index is -0.240. The van der Waals surface area contributed by atoms with Crippen LogP contribution in [0.5, 0.6) is 11.5 Å². The molecule has 0 spiro atoms. The summed E-state index contributed by atoms with van der Waals surface area (Å²) in [6, 6.07) is 9.17. The highest BCUT2D eigenvalue weighted by molar-refractivity contribution is 9.10. The van der Waals surface area contributed by atoms with E-state index in [1.165, 1.54) is 4.68 Å². The standard InChI is InChI=1S/C30H35BrN4O5/c1-5-8-22-15-21(16-26(39-7-3)28(22)40-19-27(36)34-11-13-38-14-12-34)18-32-35-29(20(4)6-2)33-25-10-9-23(31)17-24(25)30(35)37/h5,9-10,15-18,20H,1,6-8,11-14,19H2,2-4H3/t20-/m0/s1. The Morgan fingerprint density at radius 3 is 2.70 bits per heavy atom. The fraction of sp³-hybridized carbons (Fsp3) is 0.400. The third-order valence-electron chi connectivity index (χ3n) is 6.73. The van der Waals surface area contributed by atoms with Gasteiger partial charge in [0.05, 0.1) is 36.9 Å². The van der Waals surface area contributed by atoms with Crippen LogP contribution in [0.25, 0.3) is 10.9 Å². The Morgan fingerprint density at radius 1 is 1.23 bits per heavy atom. The molecule has 0 aliphatic carbocycles. The van der Waals surface area contributed by atoms with E-state index in [1.807, 2.05) is 32.0 Å². The Labute approximate surface area is 242 Å². The van der Waals surface area contributed by atoms with Crippen LogP contribution in [0.3, 0.4) is 0 Å². The lowest BCUT2D eigenvalue weighted by atomic mass is 10.1. The predicted molar refractivity (Wildman–Crippen MR) is 160 cm³/mol. The van der Waals surface area contributed by atoms with Crippen molar-refractivity contribution in [3.8, 4) is 11.5 Å². The molecule has 0 radical (unpaired) electrons. The molecule has 4 rings (SSSR count). The molecule has 1 atom stereocenters. The van der Waals surface area contributed by atoms with E-state index in [-0.39, 0.29) is 24.0 Å². The zero-order valence-electron chi connectivity index (χ0n) is 23.2. The van der Waals surface area contributed by atoms with Crippen LogP contribution in [0.4, 0.5) is 0 Å². The van der Waals surface area contributed by atoms with Gasteiger partial charge in [-0.1, -0.05) is 35.9 Å². The van der Waals surface area contributed by atoms with Gasteiger partial charge in [0, 0.05) is 29.0 Å². The van der Waals surface area contributed by atoms with Crippen LogP contribution >= 0.6 is 15.9 Å². The number of carbonyl (C=O) groups excluding carboxylic acids is 1. The molecule has 1 aliphatic rings. The van der Waals surface area contributed by atoms with Crippen molar-refractivity contribution >= 4 is 39.0 Å². The van der Waals surface area contributed by atoms with Gasteiger partial charge in [-0.15, -0.1) is 6.58 Å². The van der Waals surface area contributed by atoms with Gasteiger partial charge in [0.1, 0.15) is 5.82 Å². The van der Waals surface area contributed by atoms with Crippen molar-refractivity contribution in [1.82, 2.24) is 14.6 Å². The van der Waals surface area contributed by atoms with Gasteiger partial charge in [0.15, 0.2) is 18.1 Å². The fourth-order valence-corrected chi connectivity index (χ4v) is 4.79. The maximum Gasteiger partial charge on any atom is 0.282 e. The summed E-state index contributed by atoms with van der Waals surface area (Å²) in [5.74, 6) is 1.50. The molecule has 0 unspecified atom stereocenters. The van der Waals surface area contributed by atoms with Gasteiger partial charge >= 0.3 is 0 Å². The maximum absolute atomic E-state index is 13.5. The van der Waals surface area contributed by atoms with Crippen molar-refractivity contribution in [2.75, 3.05) is 39.5 Å². The Balaban J connectivity index is 1.71. The second-order valence-electron chi connectivity index (χ2n) is 9.52. The number of allylic oxidation sites excluding steroid dienone is 1. The number of hydrogen-bond donors (Lipinski definition) is 0. The number of aromatic nitrogens is 2. The Morgan fingerprint density at radius 2 is 2.00 bits per heavy atom. The first-order valence-corrected chi connectivity index (χ1v) is 14.3. The summed E-state index contributed by atoms with van der Waals surface area (Å²) in [6.45, 7) is 12.3. The lowest BCUT2D eigenvalue weighted by Gasteiger charge is -2.27. The van der Waals surface area contributed by atoms with Gasteiger partial charge in [-0.25, -0.2) is 4.98 Å². The zero-order chi connectivity index (χ0) is 28.6. The molecule has 1 aromatic heterocycles. The van der Waals surface area contributed by atoms with E-state index in [4.69, 9.17) is 19.2 Å². The third kappa shape index (κ3) is 6.79. The number of benzene rings is 2. The highest BCUT2D eigenvalue weighted by Crippen LogP contribution is 2.34. The van der Waals surface area contributed by atoms with Crippen LogP contribution in [0.15, 0.2) is 57.4 Å². The monoisotopic (exact) mass is 610 g/mol. The van der Waals surface area contributed by atoms with E-state index in [1.54, 1.807) is 29.3 Å². The summed E-state index contributed by atoms with van der Waals surface area (Å²) in [5.41, 5.74) is 1.90. The topological polar surface area (TPSA) is 95.2 Å². The summed E-state index contributed by atoms with van der Waals surface area (Å²) in [5, 5.41) is 5.08. The first-order valence-electron chi connectivity index (χ1n) is 13.5. The van der Waals surface area contributed by atoms with Crippen LogP contribution in [0.2, 0.25) is 0 Å². The van der Waals surface area contributed by atoms with Gasteiger partial charge in [-0.2, -0.15) is 9.78 Å². The van der Waals surface area contributed by atoms with Crippen molar-refractivity contribution in [1.29, 1.82) is 0 Å². The number of amides is 1. The van der Waals surface area contributed by atoms with Crippen LogP contribution < -0.4 is 15.0 Å². The second-order valence-corrected chi connectivity index (χ2v) is 10.4. The average Bonchev–Trinajstić information content (AvgIpc) is 2.96. The van der Waals surface area contributed by atoms with Crippen LogP contribution in [-0.2, 0) is 16.0 Å². The fourth-order valence-electron chi connectivity index (χ4n) is 4.43. The minimum absolute atomic E-state index is 0.0213. The van der Waals surface area contributed by atoms with Crippen LogP contribution in [0.1, 0.15) is 50.1 Å². The quantitative estimate of drug-likeness (QED) is 0.226. The molecule has 0 saturated carbocycles. The lowest BCUT2D eigenvalue weighted by Crippen LogP contribution is -2.43. The normalized spacial score (nSPS) is 14.4. The summed E-state index contributed by atoms with van der Waals surface area (Å²) >= 11 is 3.45. The molecule has 40 heavy (non-hydrogen) atoms. The molecule has 1 aliphatic heterocycles. The van der Waals surface area contributed by atoms with E-state index in [9.17, 15) is 9.59 Å². The summed E-state index contributed by atoms with van der Waals surface area (Å²) in [4.78, 5) is 32.7. The van der Waals surface area contributed by atoms with E-state index in [0.717, 1.165) is 16.5 Å². The maximum atomic E-state index is 13.5. The molecule has 9 nitrogen and oxygen atoms in total. The summed E-state index contributed by atoms with van der Waals surface area (Å²) in [7, 11) is 0. The predicted octanol–water partition coefficient (Wildman–Crippen LogP) is 4.92. The molecule has 1 saturated heterocycles. The average molecular weight is 612 g/mol. The Hall–Kier alpha value is -3.50. The molecule has 1 amide bonds. The van der Waals surface area contributed by atoms with Gasteiger partial charge in [-0.3, -0.25) is 9.59 Å². The molecule has 2 heterocycles. The number of nitrogens with zero attached hydrogens (tertiary/aromatic N) is 4. The van der Waals surface area contributed by atoms with Crippen LogP contribution in [0, 0.1) is 0 Å². The zero-order valence-corrected chi connectivity index (χ0v) is 24.8.